The molecule has 0 saturated carbocycles. The zero-order valence-corrected chi connectivity index (χ0v) is 57.4. The smallest absolute Gasteiger partial charge is 0.462 e. The lowest BCUT2D eigenvalue weighted by Gasteiger charge is -2.21. The minimum absolute atomic E-state index is 0.104. The molecule has 0 aromatic heterocycles. The molecule has 0 spiro atoms. The van der Waals surface area contributed by atoms with Crippen LogP contribution in [0.5, 0.6) is 0 Å². The molecular weight excluding hydrogens is 1140 g/mol. The highest BCUT2D eigenvalue weighted by atomic mass is 31.2. The van der Waals surface area contributed by atoms with Crippen molar-refractivity contribution in [1.29, 1.82) is 0 Å². The monoisotopic (exact) mass is 1270 g/mol. The van der Waals surface area contributed by atoms with Gasteiger partial charge in [0.05, 0.1) is 26.4 Å². The van der Waals surface area contributed by atoms with Crippen molar-refractivity contribution in [3.63, 3.8) is 0 Å². The van der Waals surface area contributed by atoms with E-state index in [1.54, 1.807) is 0 Å². The van der Waals surface area contributed by atoms with Gasteiger partial charge in [0, 0.05) is 25.7 Å². The van der Waals surface area contributed by atoms with Gasteiger partial charge in [-0.25, -0.2) is 9.13 Å². The summed E-state index contributed by atoms with van der Waals surface area (Å²) in [6.45, 7) is 9.42. The lowest BCUT2D eigenvalue weighted by Crippen LogP contribution is -2.30. The third kappa shape index (κ3) is 60.9. The highest BCUT2D eigenvalue weighted by molar-refractivity contribution is 7.47. The van der Waals surface area contributed by atoms with Gasteiger partial charge in [0.1, 0.15) is 19.3 Å². The summed E-state index contributed by atoms with van der Waals surface area (Å²) in [6.07, 6.45) is 43.7. The van der Waals surface area contributed by atoms with Gasteiger partial charge < -0.3 is 33.8 Å². The number of carbonyl (C=O) groups is 4. The Labute approximate surface area is 524 Å². The van der Waals surface area contributed by atoms with Crippen molar-refractivity contribution in [3.8, 4) is 0 Å². The Morgan fingerprint density at radius 1 is 0.314 bits per heavy atom. The third-order valence-electron chi connectivity index (χ3n) is 15.5. The Kier molecular flexibility index (Phi) is 58.0. The molecule has 0 bridgehead atoms. The van der Waals surface area contributed by atoms with Gasteiger partial charge in [-0.1, -0.05) is 286 Å². The van der Waals surface area contributed by atoms with Crippen LogP contribution in [0.15, 0.2) is 0 Å². The lowest BCUT2D eigenvalue weighted by molar-refractivity contribution is -0.161. The van der Waals surface area contributed by atoms with Crippen LogP contribution in [0, 0.1) is 11.8 Å². The van der Waals surface area contributed by atoms with Gasteiger partial charge in [-0.3, -0.25) is 37.3 Å². The van der Waals surface area contributed by atoms with Crippen LogP contribution in [0.25, 0.3) is 0 Å². The first-order valence-electron chi connectivity index (χ1n) is 35.0. The van der Waals surface area contributed by atoms with Crippen molar-refractivity contribution in [2.24, 2.45) is 11.8 Å². The number of aliphatic hydroxyl groups is 1. The molecule has 0 aliphatic carbocycles. The Morgan fingerprint density at radius 3 is 0.791 bits per heavy atom. The molecule has 0 radical (unpaired) electrons. The van der Waals surface area contributed by atoms with Gasteiger partial charge in [-0.2, -0.15) is 0 Å². The molecule has 0 saturated heterocycles. The first-order valence-corrected chi connectivity index (χ1v) is 38.0. The van der Waals surface area contributed by atoms with E-state index in [0.717, 1.165) is 115 Å². The summed E-state index contributed by atoms with van der Waals surface area (Å²) in [7, 11) is -9.88. The molecule has 0 aromatic carbocycles. The van der Waals surface area contributed by atoms with Gasteiger partial charge in [-0.15, -0.1) is 0 Å². The van der Waals surface area contributed by atoms with Gasteiger partial charge in [0.15, 0.2) is 12.2 Å². The molecule has 510 valence electrons. The summed E-state index contributed by atoms with van der Waals surface area (Å²) in [5.74, 6) is -0.580. The third-order valence-corrected chi connectivity index (χ3v) is 17.4. The standard InChI is InChI=1S/C67H130O17P2/c1-7-9-11-13-14-32-39-45-51-66(71)83-62(55-77-64(69)49-43-35-12-10-8-2)57-81-85(73,74)79-53-61(68)54-80-86(75,76)82-58-63(56-78-65(70)50-44-38-33-29-25-27-31-37-42-48-60(5)6)84-67(72)52-46-40-34-28-24-22-20-18-16-15-17-19-21-23-26-30-36-41-47-59(3)4/h59-63,68H,7-58H2,1-6H3,(H,73,74)(H,75,76)/t61-,62+,63+/m0/s1. The molecule has 19 heteroatoms. The average Bonchev–Trinajstić information content (AvgIpc) is 3.69. The van der Waals surface area contributed by atoms with Crippen molar-refractivity contribution in [2.45, 2.75) is 355 Å². The molecule has 86 heavy (non-hydrogen) atoms. The number of carbonyl (C=O) groups excluding carboxylic acids is 4. The number of phosphoric ester groups is 2. The van der Waals surface area contributed by atoms with E-state index in [1.165, 1.54) is 141 Å². The van der Waals surface area contributed by atoms with Crippen molar-refractivity contribution < 1.29 is 80.2 Å². The van der Waals surface area contributed by atoms with Crippen molar-refractivity contribution >= 4 is 39.5 Å². The number of rotatable bonds is 66. The molecule has 0 aromatic rings. The van der Waals surface area contributed by atoms with Crippen LogP contribution in [0.4, 0.5) is 0 Å². The quantitative estimate of drug-likeness (QED) is 0.0222. The van der Waals surface area contributed by atoms with Gasteiger partial charge in [0.25, 0.3) is 0 Å². The largest absolute Gasteiger partial charge is 0.472 e. The van der Waals surface area contributed by atoms with E-state index in [4.69, 9.17) is 37.0 Å². The van der Waals surface area contributed by atoms with E-state index in [1.807, 2.05) is 0 Å². The fourth-order valence-corrected chi connectivity index (χ4v) is 11.6. The molecular formula is C67H130O17P2. The predicted molar refractivity (Wildman–Crippen MR) is 345 cm³/mol. The van der Waals surface area contributed by atoms with Crippen LogP contribution in [0.1, 0.15) is 337 Å². The fraction of sp³-hybridized carbons (Fsp3) is 0.940. The first kappa shape index (κ1) is 84.1. The number of hydrogen-bond donors (Lipinski definition) is 3. The highest BCUT2D eigenvalue weighted by Crippen LogP contribution is 2.45. The molecule has 17 nitrogen and oxygen atoms in total. The van der Waals surface area contributed by atoms with Gasteiger partial charge >= 0.3 is 39.5 Å². The van der Waals surface area contributed by atoms with Crippen LogP contribution in [-0.4, -0.2) is 96.7 Å². The normalized spacial score (nSPS) is 14.2. The minimum atomic E-state index is -4.95. The molecule has 0 rings (SSSR count). The van der Waals surface area contributed by atoms with Crippen LogP contribution in [-0.2, 0) is 65.4 Å². The topological polar surface area (TPSA) is 237 Å². The number of phosphoric acid groups is 2. The number of unbranched alkanes of at least 4 members (excludes halogenated alkanes) is 36. The summed E-state index contributed by atoms with van der Waals surface area (Å²) in [4.78, 5) is 72.0. The predicted octanol–water partition coefficient (Wildman–Crippen LogP) is 18.8. The molecule has 5 atom stereocenters. The maximum Gasteiger partial charge on any atom is 0.472 e. The summed E-state index contributed by atoms with van der Waals surface area (Å²) in [5, 5.41) is 10.5. The number of ether oxygens (including phenoxy) is 4. The van der Waals surface area contributed by atoms with E-state index < -0.39 is 97.5 Å². The van der Waals surface area contributed by atoms with Crippen LogP contribution in [0.2, 0.25) is 0 Å². The Bertz CT molecular complexity index is 1680. The van der Waals surface area contributed by atoms with Gasteiger partial charge in [0.2, 0.25) is 0 Å². The summed E-state index contributed by atoms with van der Waals surface area (Å²) in [6, 6.07) is 0. The zero-order chi connectivity index (χ0) is 63.6. The van der Waals surface area contributed by atoms with E-state index in [9.17, 15) is 43.2 Å². The zero-order valence-electron chi connectivity index (χ0n) is 55.6. The average molecular weight is 1270 g/mol. The fourth-order valence-electron chi connectivity index (χ4n) is 10.1. The van der Waals surface area contributed by atoms with Crippen molar-refractivity contribution in [2.75, 3.05) is 39.6 Å². The summed E-state index contributed by atoms with van der Waals surface area (Å²) in [5.41, 5.74) is 0. The van der Waals surface area contributed by atoms with Crippen molar-refractivity contribution in [1.82, 2.24) is 0 Å². The van der Waals surface area contributed by atoms with Crippen LogP contribution in [0.3, 0.4) is 0 Å². The summed E-state index contributed by atoms with van der Waals surface area (Å²) >= 11 is 0. The van der Waals surface area contributed by atoms with Gasteiger partial charge in [-0.05, 0) is 37.5 Å². The molecule has 0 aliphatic heterocycles. The van der Waals surface area contributed by atoms with E-state index >= 15 is 0 Å². The number of esters is 4. The second-order valence-electron chi connectivity index (χ2n) is 25.2. The molecule has 0 heterocycles. The number of aliphatic hydroxyl groups excluding tert-OH is 1. The molecule has 2 unspecified atom stereocenters. The Morgan fingerprint density at radius 2 is 0.535 bits per heavy atom. The maximum atomic E-state index is 13.0. The molecule has 0 fully saturated rings. The Hall–Kier alpha value is -1.94. The lowest BCUT2D eigenvalue weighted by atomic mass is 10.0. The Balaban J connectivity index is 5.08. The van der Waals surface area contributed by atoms with Crippen molar-refractivity contribution in [3.05, 3.63) is 0 Å². The van der Waals surface area contributed by atoms with E-state index in [0.29, 0.717) is 25.7 Å². The van der Waals surface area contributed by atoms with E-state index in [2.05, 4.69) is 41.5 Å². The second kappa shape index (κ2) is 59.4. The van der Waals surface area contributed by atoms with E-state index in [-0.39, 0.29) is 25.7 Å². The first-order chi connectivity index (χ1) is 41.4. The summed E-state index contributed by atoms with van der Waals surface area (Å²) < 4.78 is 67.8. The molecule has 3 N–H and O–H groups in total. The maximum absolute atomic E-state index is 13.0. The van der Waals surface area contributed by atoms with Crippen LogP contribution >= 0.6 is 15.6 Å². The highest BCUT2D eigenvalue weighted by Gasteiger charge is 2.30. The minimum Gasteiger partial charge on any atom is -0.462 e. The van der Waals surface area contributed by atoms with Crippen LogP contribution < -0.4 is 0 Å². The SMILES string of the molecule is CCCCCCCCCCC(=O)O[C@H](COC(=O)CCCCCCC)COP(=O)(O)OC[C@H](O)COP(=O)(O)OC[C@@H](COC(=O)CCCCCCCCCCCC(C)C)OC(=O)CCCCCCCCCCCCCCCCCCCCC(C)C. The molecule has 0 aliphatic rings. The molecule has 0 amide bonds. The second-order valence-corrected chi connectivity index (χ2v) is 28.1. The number of hydrogen-bond acceptors (Lipinski definition) is 15.